The van der Waals surface area contributed by atoms with E-state index >= 15 is 0 Å². The maximum absolute atomic E-state index is 12.9. The van der Waals surface area contributed by atoms with Crippen molar-refractivity contribution in [3.8, 4) is 10.4 Å². The number of nitrogens with one attached hydrogen (secondary N) is 1. The molecule has 1 aliphatic heterocycles. The van der Waals surface area contributed by atoms with Crippen LogP contribution >= 0.6 is 11.3 Å². The zero-order chi connectivity index (χ0) is 19.3. The molecule has 2 amide bonds. The van der Waals surface area contributed by atoms with E-state index in [9.17, 15) is 9.59 Å². The Kier molecular flexibility index (Phi) is 6.32. The average Bonchev–Trinajstić information content (AvgIpc) is 3.34. The number of carbonyl (C=O) groups is 2. The zero-order valence-corrected chi connectivity index (χ0v) is 17.0. The first-order valence-corrected chi connectivity index (χ1v) is 10.6. The van der Waals surface area contributed by atoms with Crippen LogP contribution in [0, 0.1) is 5.41 Å². The molecule has 2 aromatic rings. The van der Waals surface area contributed by atoms with Crippen molar-refractivity contribution in [1.29, 1.82) is 0 Å². The third kappa shape index (κ3) is 4.41. The standard InChI is InChI=1S/C22H28N2O2S/c1-3-6-20(25)24-13-12-22(16-24,21(26)23-4-2)15-17-8-10-18(11-9-17)19-7-5-14-27-19/h5,7-11,14H,3-4,6,12-13,15-16H2,1-2H3,(H,23,26)/t22-/m1/s1. The number of benzene rings is 1. The molecule has 1 fully saturated rings. The molecule has 3 rings (SSSR count). The summed E-state index contributed by atoms with van der Waals surface area (Å²) in [6.07, 6.45) is 2.79. The zero-order valence-electron chi connectivity index (χ0n) is 16.2. The normalized spacial score (nSPS) is 19.3. The van der Waals surface area contributed by atoms with Crippen molar-refractivity contribution in [1.82, 2.24) is 10.2 Å². The molecule has 0 saturated carbocycles. The first kappa shape index (κ1) is 19.6. The van der Waals surface area contributed by atoms with Crippen LogP contribution in [-0.4, -0.2) is 36.3 Å². The number of rotatable bonds is 7. The Morgan fingerprint density at radius 3 is 2.59 bits per heavy atom. The van der Waals surface area contributed by atoms with Crippen LogP contribution < -0.4 is 5.32 Å². The van der Waals surface area contributed by atoms with Gasteiger partial charge in [-0.05, 0) is 48.8 Å². The average molecular weight is 385 g/mol. The molecular formula is C22H28N2O2S. The molecule has 1 aromatic heterocycles. The van der Waals surface area contributed by atoms with Crippen molar-refractivity contribution in [2.75, 3.05) is 19.6 Å². The lowest BCUT2D eigenvalue weighted by Gasteiger charge is -2.28. The number of carbonyl (C=O) groups excluding carboxylic acids is 2. The molecule has 27 heavy (non-hydrogen) atoms. The predicted octanol–water partition coefficient (Wildman–Crippen LogP) is 4.11. The maximum atomic E-state index is 12.9. The van der Waals surface area contributed by atoms with Crippen LogP contribution in [0.15, 0.2) is 41.8 Å². The molecule has 1 N–H and O–H groups in total. The van der Waals surface area contributed by atoms with Gasteiger partial charge in [0.25, 0.3) is 0 Å². The van der Waals surface area contributed by atoms with Crippen molar-refractivity contribution >= 4 is 23.2 Å². The van der Waals surface area contributed by atoms with Crippen molar-refractivity contribution in [2.24, 2.45) is 5.41 Å². The number of hydrogen-bond acceptors (Lipinski definition) is 3. The predicted molar refractivity (Wildman–Crippen MR) is 111 cm³/mol. The molecule has 1 aliphatic rings. The Hall–Kier alpha value is -2.14. The summed E-state index contributed by atoms with van der Waals surface area (Å²) in [5.74, 6) is 0.232. The van der Waals surface area contributed by atoms with Crippen LogP contribution in [-0.2, 0) is 16.0 Å². The Morgan fingerprint density at radius 2 is 1.96 bits per heavy atom. The number of thiophene rings is 1. The fraction of sp³-hybridized carbons (Fsp3) is 0.455. The Bertz CT molecular complexity index is 770. The molecule has 144 valence electrons. The highest BCUT2D eigenvalue weighted by molar-refractivity contribution is 7.13. The Morgan fingerprint density at radius 1 is 1.19 bits per heavy atom. The SMILES string of the molecule is CCCC(=O)N1CC[C@](Cc2ccc(-c3cccs3)cc2)(C(=O)NCC)C1. The van der Waals surface area contributed by atoms with E-state index in [0.717, 1.165) is 18.4 Å². The van der Waals surface area contributed by atoms with E-state index in [1.165, 1.54) is 10.4 Å². The monoisotopic (exact) mass is 384 g/mol. The molecule has 0 radical (unpaired) electrons. The van der Waals surface area contributed by atoms with Gasteiger partial charge in [0.15, 0.2) is 0 Å². The minimum Gasteiger partial charge on any atom is -0.356 e. The van der Waals surface area contributed by atoms with Crippen molar-refractivity contribution in [3.63, 3.8) is 0 Å². The Labute approximate surface area is 165 Å². The third-order valence-electron chi connectivity index (χ3n) is 5.29. The van der Waals surface area contributed by atoms with Gasteiger partial charge in [0.2, 0.25) is 11.8 Å². The fourth-order valence-corrected chi connectivity index (χ4v) is 4.57. The molecular weight excluding hydrogens is 356 g/mol. The summed E-state index contributed by atoms with van der Waals surface area (Å²) >= 11 is 1.73. The molecule has 5 heteroatoms. The van der Waals surface area contributed by atoms with E-state index < -0.39 is 5.41 Å². The summed E-state index contributed by atoms with van der Waals surface area (Å²) in [5.41, 5.74) is 1.82. The van der Waals surface area contributed by atoms with Gasteiger partial charge in [0, 0.05) is 30.9 Å². The van der Waals surface area contributed by atoms with Crippen molar-refractivity contribution in [3.05, 3.63) is 47.3 Å². The van der Waals surface area contributed by atoms with Crippen LogP contribution in [0.3, 0.4) is 0 Å². The topological polar surface area (TPSA) is 49.4 Å². The molecule has 0 unspecified atom stereocenters. The van der Waals surface area contributed by atoms with Gasteiger partial charge in [-0.2, -0.15) is 0 Å². The first-order valence-electron chi connectivity index (χ1n) is 9.77. The van der Waals surface area contributed by atoms with E-state index in [-0.39, 0.29) is 11.8 Å². The fourth-order valence-electron chi connectivity index (χ4n) is 3.84. The second-order valence-electron chi connectivity index (χ2n) is 7.31. The second kappa shape index (κ2) is 8.70. The maximum Gasteiger partial charge on any atom is 0.228 e. The van der Waals surface area contributed by atoms with E-state index in [4.69, 9.17) is 0 Å². The van der Waals surface area contributed by atoms with Crippen molar-refractivity contribution < 1.29 is 9.59 Å². The lowest BCUT2D eigenvalue weighted by atomic mass is 9.79. The molecule has 0 spiro atoms. The molecule has 4 nitrogen and oxygen atoms in total. The van der Waals surface area contributed by atoms with Crippen LogP contribution in [0.5, 0.6) is 0 Å². The van der Waals surface area contributed by atoms with Crippen LogP contribution in [0.2, 0.25) is 0 Å². The number of nitrogens with zero attached hydrogens (tertiary/aromatic N) is 1. The van der Waals surface area contributed by atoms with Gasteiger partial charge in [-0.3, -0.25) is 9.59 Å². The highest BCUT2D eigenvalue weighted by atomic mass is 32.1. The summed E-state index contributed by atoms with van der Waals surface area (Å²) in [7, 11) is 0. The van der Waals surface area contributed by atoms with Gasteiger partial charge in [0.05, 0.1) is 5.41 Å². The third-order valence-corrected chi connectivity index (χ3v) is 6.21. The minimum atomic E-state index is -0.524. The molecule has 1 atom stereocenters. The summed E-state index contributed by atoms with van der Waals surface area (Å²) in [6, 6.07) is 12.7. The van der Waals surface area contributed by atoms with Crippen LogP contribution in [0.4, 0.5) is 0 Å². The summed E-state index contributed by atoms with van der Waals surface area (Å²) in [5, 5.41) is 5.08. The quantitative estimate of drug-likeness (QED) is 0.781. The van der Waals surface area contributed by atoms with Gasteiger partial charge in [-0.25, -0.2) is 0 Å². The van der Waals surface area contributed by atoms with E-state index in [1.54, 1.807) is 11.3 Å². The van der Waals surface area contributed by atoms with E-state index in [0.29, 0.717) is 32.5 Å². The van der Waals surface area contributed by atoms with E-state index in [2.05, 4.69) is 47.1 Å². The highest BCUT2D eigenvalue weighted by Crippen LogP contribution is 2.36. The second-order valence-corrected chi connectivity index (χ2v) is 8.25. The minimum absolute atomic E-state index is 0.0686. The van der Waals surface area contributed by atoms with Crippen LogP contribution in [0.1, 0.15) is 38.7 Å². The summed E-state index contributed by atoms with van der Waals surface area (Å²) < 4.78 is 0. The molecule has 2 heterocycles. The summed E-state index contributed by atoms with van der Waals surface area (Å²) in [4.78, 5) is 28.4. The van der Waals surface area contributed by atoms with Gasteiger partial charge in [-0.15, -0.1) is 11.3 Å². The molecule has 1 aromatic carbocycles. The Balaban J connectivity index is 1.78. The van der Waals surface area contributed by atoms with Gasteiger partial charge in [0.1, 0.15) is 0 Å². The van der Waals surface area contributed by atoms with Crippen LogP contribution in [0.25, 0.3) is 10.4 Å². The van der Waals surface area contributed by atoms with E-state index in [1.807, 2.05) is 18.7 Å². The number of likely N-dealkylation sites (tertiary alicyclic amines) is 1. The molecule has 1 saturated heterocycles. The van der Waals surface area contributed by atoms with Gasteiger partial charge in [-0.1, -0.05) is 37.3 Å². The largest absolute Gasteiger partial charge is 0.356 e. The lowest BCUT2D eigenvalue weighted by Crippen LogP contribution is -2.45. The van der Waals surface area contributed by atoms with Gasteiger partial charge < -0.3 is 10.2 Å². The van der Waals surface area contributed by atoms with Crippen molar-refractivity contribution in [2.45, 2.75) is 39.5 Å². The number of amides is 2. The lowest BCUT2D eigenvalue weighted by molar-refractivity contribution is -0.133. The highest BCUT2D eigenvalue weighted by Gasteiger charge is 2.45. The summed E-state index contributed by atoms with van der Waals surface area (Å²) in [6.45, 7) is 5.75. The molecule has 0 aliphatic carbocycles. The van der Waals surface area contributed by atoms with Gasteiger partial charge >= 0.3 is 0 Å². The smallest absolute Gasteiger partial charge is 0.228 e. The number of hydrogen-bond donors (Lipinski definition) is 1. The molecule has 0 bridgehead atoms. The first-order chi connectivity index (χ1) is 13.1.